The Morgan fingerprint density at radius 3 is 2.61 bits per heavy atom. The predicted octanol–water partition coefficient (Wildman–Crippen LogP) is 2.39. The van der Waals surface area contributed by atoms with Crippen molar-refractivity contribution >= 4 is 0 Å². The first-order chi connectivity index (χ1) is 8.77. The molecule has 1 saturated carbocycles. The van der Waals surface area contributed by atoms with E-state index in [4.69, 9.17) is 10.5 Å². The van der Waals surface area contributed by atoms with E-state index < -0.39 is 0 Å². The fourth-order valence-corrected chi connectivity index (χ4v) is 4.19. The number of ether oxygens (including phenoxy) is 1. The van der Waals surface area contributed by atoms with E-state index in [1.165, 1.54) is 45.1 Å². The highest BCUT2D eigenvalue weighted by atomic mass is 16.5. The Bertz CT molecular complexity index is 251. The van der Waals surface area contributed by atoms with Crippen molar-refractivity contribution < 1.29 is 4.74 Å². The topological polar surface area (TPSA) is 38.5 Å². The van der Waals surface area contributed by atoms with Gasteiger partial charge >= 0.3 is 0 Å². The first-order valence-electron chi connectivity index (χ1n) is 7.73. The Hall–Kier alpha value is -0.120. The molecule has 3 atom stereocenters. The molecule has 0 radical (unpaired) electrons. The molecule has 1 aliphatic heterocycles. The standard InChI is InChI=1S/C15H30N2O/c1-3-15(11-16,12-18-2)17-10-6-8-13-7-4-5-9-14(13)17/h13-14H,3-12,16H2,1-2H3. The summed E-state index contributed by atoms with van der Waals surface area (Å²) in [4.78, 5) is 2.73. The average molecular weight is 254 g/mol. The number of nitrogens with zero attached hydrogens (tertiary/aromatic N) is 1. The summed E-state index contributed by atoms with van der Waals surface area (Å²) in [5.41, 5.74) is 6.21. The molecular weight excluding hydrogens is 224 g/mol. The van der Waals surface area contributed by atoms with Gasteiger partial charge in [0.15, 0.2) is 0 Å². The van der Waals surface area contributed by atoms with E-state index in [-0.39, 0.29) is 5.54 Å². The summed E-state index contributed by atoms with van der Waals surface area (Å²) in [5.74, 6) is 0.918. The molecule has 0 aromatic heterocycles. The zero-order valence-corrected chi connectivity index (χ0v) is 12.2. The molecule has 1 heterocycles. The molecule has 18 heavy (non-hydrogen) atoms. The number of rotatable bonds is 5. The zero-order valence-electron chi connectivity index (χ0n) is 12.2. The van der Waals surface area contributed by atoms with Gasteiger partial charge in [-0.2, -0.15) is 0 Å². The molecule has 3 unspecified atom stereocenters. The Labute approximate surface area is 112 Å². The fourth-order valence-electron chi connectivity index (χ4n) is 4.19. The smallest absolute Gasteiger partial charge is 0.0659 e. The number of fused-ring (bicyclic) bond motifs is 1. The van der Waals surface area contributed by atoms with Crippen LogP contribution in [0.25, 0.3) is 0 Å². The van der Waals surface area contributed by atoms with Gasteiger partial charge in [0.05, 0.1) is 12.1 Å². The molecule has 2 N–H and O–H groups in total. The van der Waals surface area contributed by atoms with Gasteiger partial charge in [0.25, 0.3) is 0 Å². The van der Waals surface area contributed by atoms with Crippen molar-refractivity contribution in [1.82, 2.24) is 4.90 Å². The van der Waals surface area contributed by atoms with Crippen LogP contribution in [0.2, 0.25) is 0 Å². The third-order valence-electron chi connectivity index (χ3n) is 5.30. The second-order valence-corrected chi connectivity index (χ2v) is 6.16. The van der Waals surface area contributed by atoms with Gasteiger partial charge < -0.3 is 10.5 Å². The molecule has 3 nitrogen and oxygen atoms in total. The molecule has 3 heteroatoms. The van der Waals surface area contributed by atoms with E-state index in [2.05, 4.69) is 11.8 Å². The van der Waals surface area contributed by atoms with Crippen molar-refractivity contribution in [2.24, 2.45) is 11.7 Å². The molecular formula is C15H30N2O. The minimum absolute atomic E-state index is 0.0788. The van der Waals surface area contributed by atoms with Crippen LogP contribution in [0, 0.1) is 5.92 Å². The summed E-state index contributed by atoms with van der Waals surface area (Å²) in [6.45, 7) is 4.98. The lowest BCUT2D eigenvalue weighted by atomic mass is 9.75. The van der Waals surface area contributed by atoms with Crippen molar-refractivity contribution in [1.29, 1.82) is 0 Å². The van der Waals surface area contributed by atoms with E-state index in [1.54, 1.807) is 0 Å². The van der Waals surface area contributed by atoms with E-state index in [1.807, 2.05) is 7.11 Å². The maximum Gasteiger partial charge on any atom is 0.0659 e. The molecule has 1 saturated heterocycles. The first kappa shape index (κ1) is 14.3. The normalized spacial score (nSPS) is 32.8. The molecule has 106 valence electrons. The highest BCUT2D eigenvalue weighted by Gasteiger charge is 2.43. The van der Waals surface area contributed by atoms with Gasteiger partial charge in [-0.3, -0.25) is 4.90 Å². The quantitative estimate of drug-likeness (QED) is 0.819. The first-order valence-corrected chi connectivity index (χ1v) is 7.73. The monoisotopic (exact) mass is 254 g/mol. The van der Waals surface area contributed by atoms with Crippen molar-refractivity contribution in [3.8, 4) is 0 Å². The molecule has 1 aliphatic carbocycles. The summed E-state index contributed by atoms with van der Waals surface area (Å²) >= 11 is 0. The van der Waals surface area contributed by atoms with Gasteiger partial charge in [-0.15, -0.1) is 0 Å². The SMILES string of the molecule is CCC(CN)(COC)N1CCCC2CCCCC21. The molecule has 0 aromatic carbocycles. The Morgan fingerprint density at radius 1 is 1.22 bits per heavy atom. The summed E-state index contributed by atoms with van der Waals surface area (Å²) in [7, 11) is 1.81. The van der Waals surface area contributed by atoms with Crippen LogP contribution >= 0.6 is 0 Å². The van der Waals surface area contributed by atoms with Crippen LogP contribution in [0.1, 0.15) is 51.9 Å². The Balaban J connectivity index is 2.16. The number of hydrogen-bond donors (Lipinski definition) is 1. The lowest BCUT2D eigenvalue weighted by molar-refractivity contribution is -0.0607. The van der Waals surface area contributed by atoms with E-state index in [0.717, 1.165) is 31.5 Å². The van der Waals surface area contributed by atoms with Crippen LogP contribution < -0.4 is 5.73 Å². The van der Waals surface area contributed by atoms with E-state index >= 15 is 0 Å². The third-order valence-corrected chi connectivity index (χ3v) is 5.30. The van der Waals surface area contributed by atoms with Gasteiger partial charge in [-0.25, -0.2) is 0 Å². The molecule has 0 spiro atoms. The van der Waals surface area contributed by atoms with Crippen LogP contribution in [-0.4, -0.2) is 43.3 Å². The molecule has 2 aliphatic rings. The van der Waals surface area contributed by atoms with Crippen molar-refractivity contribution in [2.75, 3.05) is 26.8 Å². The molecule has 2 rings (SSSR count). The number of methoxy groups -OCH3 is 1. The summed E-state index contributed by atoms with van der Waals surface area (Å²) in [6.07, 6.45) is 9.50. The van der Waals surface area contributed by atoms with Gasteiger partial charge in [0.2, 0.25) is 0 Å². The number of hydrogen-bond acceptors (Lipinski definition) is 3. The predicted molar refractivity (Wildman–Crippen MR) is 75.6 cm³/mol. The van der Waals surface area contributed by atoms with Gasteiger partial charge in [-0.1, -0.05) is 19.8 Å². The lowest BCUT2D eigenvalue weighted by Gasteiger charge is -2.53. The van der Waals surface area contributed by atoms with Crippen molar-refractivity contribution in [3.05, 3.63) is 0 Å². The number of likely N-dealkylation sites (tertiary alicyclic amines) is 1. The van der Waals surface area contributed by atoms with Gasteiger partial charge in [0.1, 0.15) is 0 Å². The maximum atomic E-state index is 6.14. The second kappa shape index (κ2) is 6.36. The van der Waals surface area contributed by atoms with Crippen LogP contribution in [-0.2, 0) is 4.74 Å². The highest BCUT2D eigenvalue weighted by Crippen LogP contribution is 2.39. The maximum absolute atomic E-state index is 6.14. The molecule has 0 bridgehead atoms. The second-order valence-electron chi connectivity index (χ2n) is 6.16. The minimum atomic E-state index is 0.0788. The van der Waals surface area contributed by atoms with Crippen molar-refractivity contribution in [2.45, 2.75) is 63.5 Å². The molecule has 0 amide bonds. The zero-order chi connectivity index (χ0) is 13.0. The van der Waals surface area contributed by atoms with E-state index in [9.17, 15) is 0 Å². The molecule has 2 fully saturated rings. The minimum Gasteiger partial charge on any atom is -0.383 e. The average Bonchev–Trinajstić information content (AvgIpc) is 2.44. The highest BCUT2D eigenvalue weighted by molar-refractivity contribution is 4.99. The molecule has 0 aromatic rings. The number of nitrogens with two attached hydrogens (primary N) is 1. The Morgan fingerprint density at radius 2 is 1.94 bits per heavy atom. The number of piperidine rings is 1. The fraction of sp³-hybridized carbons (Fsp3) is 1.00. The van der Waals surface area contributed by atoms with Crippen LogP contribution in [0.4, 0.5) is 0 Å². The lowest BCUT2D eigenvalue weighted by Crippen LogP contribution is -2.63. The van der Waals surface area contributed by atoms with Crippen LogP contribution in [0.5, 0.6) is 0 Å². The largest absolute Gasteiger partial charge is 0.383 e. The summed E-state index contributed by atoms with van der Waals surface area (Å²) < 4.78 is 5.50. The summed E-state index contributed by atoms with van der Waals surface area (Å²) in [5, 5.41) is 0. The van der Waals surface area contributed by atoms with Crippen molar-refractivity contribution in [3.63, 3.8) is 0 Å². The van der Waals surface area contributed by atoms with Crippen LogP contribution in [0.15, 0.2) is 0 Å². The third kappa shape index (κ3) is 2.59. The van der Waals surface area contributed by atoms with Crippen LogP contribution in [0.3, 0.4) is 0 Å². The van der Waals surface area contributed by atoms with Gasteiger partial charge in [0, 0.05) is 19.7 Å². The Kier molecular flexibility index (Phi) is 5.05. The van der Waals surface area contributed by atoms with E-state index in [0.29, 0.717) is 0 Å². The summed E-state index contributed by atoms with van der Waals surface area (Å²) in [6, 6.07) is 0.770. The van der Waals surface area contributed by atoms with Gasteiger partial charge in [-0.05, 0) is 44.6 Å².